The SMILES string of the molecule is COC(=O)N[C@H](C(=O)N1CCC[C@H]1c1ncc(-c2cc(C)c(-c3ccc(-c4cnc([C@@H]5CCCN5C(=O)[C@H](NC(=O)OC)c5ccccc5)[nH]4)cc3)c(-c3ccccc3)c2)[nH]1)C(C)C.Cl.Cl. The summed E-state index contributed by atoms with van der Waals surface area (Å²) in [5.74, 6) is 0.905. The molecule has 2 aromatic heterocycles. The second-order valence-corrected chi connectivity index (χ2v) is 16.7. The third kappa shape index (κ3) is 10.2. The molecule has 4 amide bonds. The number of nitrogens with zero attached hydrogens (tertiary/aromatic N) is 4. The van der Waals surface area contributed by atoms with Crippen LogP contribution in [-0.2, 0) is 19.1 Å². The summed E-state index contributed by atoms with van der Waals surface area (Å²) in [4.78, 5) is 72.5. The van der Waals surface area contributed by atoms with Crippen LogP contribution >= 0.6 is 24.8 Å². The third-order valence-electron chi connectivity index (χ3n) is 12.3. The van der Waals surface area contributed by atoms with Gasteiger partial charge in [0.1, 0.15) is 23.7 Å². The van der Waals surface area contributed by atoms with E-state index in [1.54, 1.807) is 4.90 Å². The van der Waals surface area contributed by atoms with Crippen molar-refractivity contribution in [2.45, 2.75) is 70.6 Å². The van der Waals surface area contributed by atoms with Crippen LogP contribution in [0.4, 0.5) is 9.59 Å². The number of benzene rings is 4. The Labute approximate surface area is 397 Å². The number of hydrogen-bond donors (Lipinski definition) is 4. The van der Waals surface area contributed by atoms with Gasteiger partial charge in [-0.05, 0) is 89.6 Å². The zero-order valence-electron chi connectivity index (χ0n) is 37.6. The maximum Gasteiger partial charge on any atom is 0.407 e. The van der Waals surface area contributed by atoms with E-state index in [4.69, 9.17) is 19.4 Å². The highest BCUT2D eigenvalue weighted by Crippen LogP contribution is 2.40. The average Bonchev–Trinajstić information content (AvgIpc) is 4.17. The zero-order chi connectivity index (χ0) is 44.9. The summed E-state index contributed by atoms with van der Waals surface area (Å²) in [6.45, 7) is 7.04. The lowest BCUT2D eigenvalue weighted by Gasteiger charge is -2.30. The maximum atomic E-state index is 14.0. The number of methoxy groups -OCH3 is 2. The molecule has 0 radical (unpaired) electrons. The topological polar surface area (TPSA) is 175 Å². The summed E-state index contributed by atoms with van der Waals surface area (Å²) < 4.78 is 9.66. The molecule has 0 bridgehead atoms. The number of amides is 4. The van der Waals surface area contributed by atoms with E-state index in [0.717, 1.165) is 76.0 Å². The molecule has 2 aliphatic rings. The van der Waals surface area contributed by atoms with Crippen LogP contribution in [-0.4, -0.2) is 87.1 Å². The Morgan fingerprint density at radius 2 is 1.17 bits per heavy atom. The number of carbonyl (C=O) groups excluding carboxylic acids is 4. The first-order chi connectivity index (χ1) is 31.0. The van der Waals surface area contributed by atoms with Gasteiger partial charge in [-0.25, -0.2) is 19.6 Å². The van der Waals surface area contributed by atoms with Crippen molar-refractivity contribution < 1.29 is 28.7 Å². The van der Waals surface area contributed by atoms with Crippen LogP contribution in [0, 0.1) is 12.8 Å². The number of nitrogens with one attached hydrogen (secondary N) is 4. The van der Waals surface area contributed by atoms with Crippen LogP contribution in [0.1, 0.15) is 80.4 Å². The lowest BCUT2D eigenvalue weighted by atomic mass is 9.88. The largest absolute Gasteiger partial charge is 0.453 e. The lowest BCUT2D eigenvalue weighted by molar-refractivity contribution is -0.135. The fraction of sp³-hybridized carbons (Fsp3) is 0.320. The number of aromatic nitrogens is 4. The van der Waals surface area contributed by atoms with Crippen molar-refractivity contribution in [3.63, 3.8) is 0 Å². The Bertz CT molecular complexity index is 2620. The van der Waals surface area contributed by atoms with Crippen molar-refractivity contribution in [1.82, 2.24) is 40.4 Å². The first kappa shape index (κ1) is 48.8. The number of alkyl carbamates (subject to hydrolysis) is 2. The van der Waals surface area contributed by atoms with Gasteiger partial charge in [0.2, 0.25) is 5.91 Å². The van der Waals surface area contributed by atoms with E-state index in [9.17, 15) is 19.2 Å². The Kier molecular flexibility index (Phi) is 15.9. The van der Waals surface area contributed by atoms with Crippen molar-refractivity contribution in [3.05, 3.63) is 132 Å². The molecular formula is C50H56Cl2N8O6. The number of likely N-dealkylation sites (tertiary alicyclic amines) is 2. The van der Waals surface area contributed by atoms with E-state index in [2.05, 4.69) is 76.1 Å². The molecule has 0 saturated carbocycles. The Morgan fingerprint density at radius 3 is 1.73 bits per heavy atom. The molecule has 14 nitrogen and oxygen atoms in total. The summed E-state index contributed by atoms with van der Waals surface area (Å²) in [5, 5.41) is 5.45. The van der Waals surface area contributed by atoms with Crippen LogP contribution in [0.15, 0.2) is 109 Å². The van der Waals surface area contributed by atoms with Gasteiger partial charge in [0.15, 0.2) is 0 Å². The van der Waals surface area contributed by atoms with Gasteiger partial charge in [0.25, 0.3) is 5.91 Å². The maximum absolute atomic E-state index is 14.0. The van der Waals surface area contributed by atoms with Gasteiger partial charge in [-0.15, -0.1) is 24.8 Å². The van der Waals surface area contributed by atoms with E-state index in [-0.39, 0.29) is 54.6 Å². The highest BCUT2D eigenvalue weighted by molar-refractivity contribution is 5.90. The fourth-order valence-corrected chi connectivity index (χ4v) is 9.08. The number of carbonyl (C=O) groups is 4. The molecule has 346 valence electrons. The molecule has 0 unspecified atom stereocenters. The minimum Gasteiger partial charge on any atom is -0.453 e. The number of ether oxygens (including phenoxy) is 2. The number of aromatic amines is 2. The van der Waals surface area contributed by atoms with Crippen molar-refractivity contribution in [3.8, 4) is 44.8 Å². The third-order valence-corrected chi connectivity index (χ3v) is 12.3. The summed E-state index contributed by atoms with van der Waals surface area (Å²) in [5.41, 5.74) is 9.65. The average molecular weight is 936 g/mol. The smallest absolute Gasteiger partial charge is 0.407 e. The normalized spacial score (nSPS) is 16.5. The molecule has 2 saturated heterocycles. The first-order valence-corrected chi connectivity index (χ1v) is 21.8. The lowest BCUT2D eigenvalue weighted by Crippen LogP contribution is -2.51. The summed E-state index contributed by atoms with van der Waals surface area (Å²) >= 11 is 0. The van der Waals surface area contributed by atoms with Crippen LogP contribution in [0.25, 0.3) is 44.8 Å². The molecule has 2 fully saturated rings. The van der Waals surface area contributed by atoms with E-state index >= 15 is 0 Å². The molecule has 4 N–H and O–H groups in total. The molecule has 0 spiro atoms. The molecule has 4 heterocycles. The van der Waals surface area contributed by atoms with Gasteiger partial charge in [0, 0.05) is 18.7 Å². The van der Waals surface area contributed by atoms with Crippen molar-refractivity contribution in [2.75, 3.05) is 27.3 Å². The van der Waals surface area contributed by atoms with Crippen molar-refractivity contribution in [1.29, 1.82) is 0 Å². The number of rotatable bonds is 12. The number of imidazole rings is 2. The van der Waals surface area contributed by atoms with E-state index in [1.165, 1.54) is 14.2 Å². The van der Waals surface area contributed by atoms with Crippen LogP contribution in [0.3, 0.4) is 0 Å². The highest BCUT2D eigenvalue weighted by atomic mass is 35.5. The van der Waals surface area contributed by atoms with Gasteiger partial charge in [-0.1, -0.05) is 98.8 Å². The minimum atomic E-state index is -0.895. The zero-order valence-corrected chi connectivity index (χ0v) is 39.2. The monoisotopic (exact) mass is 934 g/mol. The molecule has 0 aliphatic carbocycles. The van der Waals surface area contributed by atoms with E-state index < -0.39 is 24.3 Å². The Morgan fingerprint density at radius 1 is 0.652 bits per heavy atom. The summed E-state index contributed by atoms with van der Waals surface area (Å²) in [7, 11) is 2.58. The standard InChI is InChI=1S/C50H54N8O6.2ClH/c1-30(2)43(55-49(61)63-4)47(59)57-24-12-18-40(57)46-52-29-39(54-46)36-26-31(3)42(37(27-36)32-14-8-6-9-15-32)34-22-20-33(21-23-34)38-28-51-45(53-38)41-19-13-25-58(41)48(60)44(56-50(62)64-5)35-16-10-7-11-17-35;;/h6-11,14-17,20-23,26-30,40-41,43-44H,12-13,18-19,24-25H2,1-5H3,(H,51,53)(H,52,54)(H,55,61)(H,56,62);2*1H/t40-,41-,43-,44+;;/m0../s1. The quantitative estimate of drug-likeness (QED) is 0.0938. The van der Waals surface area contributed by atoms with Crippen LogP contribution in [0.5, 0.6) is 0 Å². The molecule has 4 aromatic carbocycles. The molecular weight excluding hydrogens is 880 g/mol. The predicted molar refractivity (Wildman–Crippen MR) is 258 cm³/mol. The van der Waals surface area contributed by atoms with Gasteiger partial charge < -0.3 is 39.9 Å². The second kappa shape index (κ2) is 21.6. The number of aryl methyl sites for hydroxylation is 1. The van der Waals surface area contributed by atoms with Crippen molar-refractivity contribution in [2.24, 2.45) is 5.92 Å². The number of hydrogen-bond acceptors (Lipinski definition) is 8. The molecule has 4 atom stereocenters. The van der Waals surface area contributed by atoms with E-state index in [0.29, 0.717) is 30.3 Å². The van der Waals surface area contributed by atoms with Gasteiger partial charge in [0.05, 0.1) is 50.1 Å². The summed E-state index contributed by atoms with van der Waals surface area (Å²) in [6.07, 6.45) is 5.47. The Balaban J connectivity index is 0.00000360. The van der Waals surface area contributed by atoms with Crippen LogP contribution in [0.2, 0.25) is 0 Å². The fourth-order valence-electron chi connectivity index (χ4n) is 9.08. The minimum absolute atomic E-state index is 0. The van der Waals surface area contributed by atoms with Gasteiger partial charge in [-0.2, -0.15) is 0 Å². The predicted octanol–water partition coefficient (Wildman–Crippen LogP) is 9.76. The molecule has 8 rings (SSSR count). The number of H-pyrrole nitrogens is 2. The highest BCUT2D eigenvalue weighted by Gasteiger charge is 2.39. The van der Waals surface area contributed by atoms with Gasteiger partial charge >= 0.3 is 12.2 Å². The molecule has 2 aliphatic heterocycles. The first-order valence-electron chi connectivity index (χ1n) is 21.8. The second-order valence-electron chi connectivity index (χ2n) is 16.7. The van der Waals surface area contributed by atoms with Gasteiger partial charge in [-0.3, -0.25) is 9.59 Å². The van der Waals surface area contributed by atoms with E-state index in [1.807, 2.05) is 79.7 Å². The number of halogens is 2. The van der Waals surface area contributed by atoms with Crippen molar-refractivity contribution >= 4 is 48.8 Å². The molecule has 16 heteroatoms. The molecule has 66 heavy (non-hydrogen) atoms. The Hall–Kier alpha value is -6.64. The molecule has 6 aromatic rings. The van der Waals surface area contributed by atoms with Crippen LogP contribution < -0.4 is 10.6 Å². The summed E-state index contributed by atoms with van der Waals surface area (Å²) in [6, 6.07) is 30.1.